The summed E-state index contributed by atoms with van der Waals surface area (Å²) in [6.07, 6.45) is 1.56. The molecule has 0 bridgehead atoms. The van der Waals surface area contributed by atoms with E-state index in [1.54, 1.807) is 24.3 Å². The van der Waals surface area contributed by atoms with Crippen molar-refractivity contribution >= 4 is 21.6 Å². The minimum absolute atomic E-state index is 0.168. The van der Waals surface area contributed by atoms with E-state index < -0.39 is 10.0 Å². The zero-order valence-electron chi connectivity index (χ0n) is 11.9. The molecule has 0 saturated heterocycles. The highest BCUT2D eigenvalue weighted by atomic mass is 35.5. The lowest BCUT2D eigenvalue weighted by Crippen LogP contribution is -2.25. The van der Waals surface area contributed by atoms with Gasteiger partial charge < -0.3 is 4.74 Å². The highest BCUT2D eigenvalue weighted by Crippen LogP contribution is 2.11. The van der Waals surface area contributed by atoms with E-state index in [0.29, 0.717) is 25.5 Å². The first-order valence-electron chi connectivity index (χ1n) is 6.72. The first kappa shape index (κ1) is 17.4. The van der Waals surface area contributed by atoms with Crippen molar-refractivity contribution in [2.24, 2.45) is 0 Å². The van der Waals surface area contributed by atoms with Crippen molar-refractivity contribution < 1.29 is 13.2 Å². The fourth-order valence-electron chi connectivity index (χ4n) is 1.63. The predicted molar refractivity (Wildman–Crippen MR) is 81.8 cm³/mol. The third-order valence-corrected chi connectivity index (χ3v) is 4.35. The van der Waals surface area contributed by atoms with Crippen molar-refractivity contribution in [3.05, 3.63) is 29.8 Å². The average molecular weight is 320 g/mol. The van der Waals surface area contributed by atoms with Gasteiger partial charge in [-0.1, -0.05) is 12.1 Å². The molecule has 0 aliphatic rings. The highest BCUT2D eigenvalue weighted by molar-refractivity contribution is 7.89. The Bertz CT molecular complexity index is 486. The van der Waals surface area contributed by atoms with Crippen LogP contribution in [-0.2, 0) is 21.2 Å². The number of sulfonamides is 1. The summed E-state index contributed by atoms with van der Waals surface area (Å²) in [7, 11) is -3.43. The Balaban J connectivity index is 2.47. The molecule has 6 heteroatoms. The number of halogens is 1. The summed E-state index contributed by atoms with van der Waals surface area (Å²) in [4.78, 5) is 0.278. The Morgan fingerprint density at radius 3 is 2.45 bits per heavy atom. The molecule has 114 valence electrons. The van der Waals surface area contributed by atoms with Gasteiger partial charge in [0.2, 0.25) is 10.0 Å². The van der Waals surface area contributed by atoms with Crippen LogP contribution in [0.2, 0.25) is 0 Å². The second-order valence-corrected chi connectivity index (χ2v) is 6.90. The Morgan fingerprint density at radius 1 is 1.25 bits per heavy atom. The molecule has 0 aromatic heterocycles. The number of alkyl halides is 1. The quantitative estimate of drug-likeness (QED) is 0.562. The Labute approximate surface area is 126 Å². The van der Waals surface area contributed by atoms with Gasteiger partial charge in [-0.25, -0.2) is 13.1 Å². The van der Waals surface area contributed by atoms with E-state index >= 15 is 0 Å². The fourth-order valence-corrected chi connectivity index (χ4v) is 2.92. The number of ether oxygens (including phenoxy) is 1. The topological polar surface area (TPSA) is 55.4 Å². The SMILES string of the molecule is CC(C)OCCCNS(=O)(=O)c1ccc(CCCl)cc1. The molecule has 0 saturated carbocycles. The van der Waals surface area contributed by atoms with Crippen molar-refractivity contribution in [3.8, 4) is 0 Å². The third-order valence-electron chi connectivity index (χ3n) is 2.68. The summed E-state index contributed by atoms with van der Waals surface area (Å²) in [5.74, 6) is 0.528. The van der Waals surface area contributed by atoms with Crippen LogP contribution in [0.3, 0.4) is 0 Å². The van der Waals surface area contributed by atoms with Crippen LogP contribution < -0.4 is 4.72 Å². The molecule has 4 nitrogen and oxygen atoms in total. The Hall–Kier alpha value is -0.620. The minimum atomic E-state index is -3.43. The number of rotatable bonds is 9. The first-order chi connectivity index (χ1) is 9.45. The summed E-state index contributed by atoms with van der Waals surface area (Å²) < 4.78 is 32.0. The van der Waals surface area contributed by atoms with Gasteiger partial charge in [-0.15, -0.1) is 11.6 Å². The normalized spacial score (nSPS) is 12.0. The molecule has 0 atom stereocenters. The number of nitrogens with one attached hydrogen (secondary N) is 1. The van der Waals surface area contributed by atoms with Gasteiger partial charge in [0.05, 0.1) is 11.0 Å². The predicted octanol–water partition coefficient (Wildman–Crippen LogP) is 2.56. The van der Waals surface area contributed by atoms with Gasteiger partial charge >= 0.3 is 0 Å². The molecule has 20 heavy (non-hydrogen) atoms. The molecule has 0 spiro atoms. The first-order valence-corrected chi connectivity index (χ1v) is 8.73. The Kier molecular flexibility index (Phi) is 7.51. The van der Waals surface area contributed by atoms with Crippen molar-refractivity contribution in [3.63, 3.8) is 0 Å². The van der Waals surface area contributed by atoms with Gasteiger partial charge in [0.1, 0.15) is 0 Å². The highest BCUT2D eigenvalue weighted by Gasteiger charge is 2.12. The molecule has 1 N–H and O–H groups in total. The van der Waals surface area contributed by atoms with Crippen molar-refractivity contribution in [1.29, 1.82) is 0 Å². The molecule has 0 unspecified atom stereocenters. The lowest BCUT2D eigenvalue weighted by Gasteiger charge is -2.09. The van der Waals surface area contributed by atoms with Crippen LogP contribution in [0.1, 0.15) is 25.8 Å². The van der Waals surface area contributed by atoms with Gasteiger partial charge in [-0.05, 0) is 44.4 Å². The molecule has 0 amide bonds. The molecule has 0 aliphatic carbocycles. The summed E-state index contributed by atoms with van der Waals surface area (Å²) in [6, 6.07) is 6.79. The van der Waals surface area contributed by atoms with E-state index in [-0.39, 0.29) is 11.0 Å². The fraction of sp³-hybridized carbons (Fsp3) is 0.571. The molecular formula is C14H22ClNO3S. The van der Waals surface area contributed by atoms with Crippen molar-refractivity contribution in [2.75, 3.05) is 19.0 Å². The van der Waals surface area contributed by atoms with E-state index in [1.165, 1.54) is 0 Å². The molecule has 0 radical (unpaired) electrons. The van der Waals surface area contributed by atoms with Gasteiger partial charge in [0.25, 0.3) is 0 Å². The summed E-state index contributed by atoms with van der Waals surface area (Å²) in [5, 5.41) is 0. The van der Waals surface area contributed by atoms with Crippen LogP contribution in [0.25, 0.3) is 0 Å². The Morgan fingerprint density at radius 2 is 1.90 bits per heavy atom. The van der Waals surface area contributed by atoms with Crippen LogP contribution in [0.5, 0.6) is 0 Å². The van der Waals surface area contributed by atoms with Gasteiger partial charge in [0, 0.05) is 19.0 Å². The molecular weight excluding hydrogens is 298 g/mol. The zero-order chi connectivity index (χ0) is 15.0. The van der Waals surface area contributed by atoms with Crippen molar-refractivity contribution in [2.45, 2.75) is 37.7 Å². The second kappa shape index (κ2) is 8.62. The lowest BCUT2D eigenvalue weighted by atomic mass is 10.2. The number of aryl methyl sites for hydroxylation is 1. The monoisotopic (exact) mass is 319 g/mol. The molecule has 1 aromatic rings. The van der Waals surface area contributed by atoms with E-state index in [1.807, 2.05) is 13.8 Å². The molecule has 0 heterocycles. The minimum Gasteiger partial charge on any atom is -0.379 e. The second-order valence-electron chi connectivity index (χ2n) is 4.75. The van der Waals surface area contributed by atoms with Crippen LogP contribution in [-0.4, -0.2) is 33.6 Å². The molecule has 0 fully saturated rings. The van der Waals surface area contributed by atoms with Crippen LogP contribution in [0.4, 0.5) is 0 Å². The maximum atomic E-state index is 12.0. The number of hydrogen-bond donors (Lipinski definition) is 1. The van der Waals surface area contributed by atoms with Crippen LogP contribution in [0, 0.1) is 0 Å². The van der Waals surface area contributed by atoms with E-state index in [0.717, 1.165) is 12.0 Å². The number of benzene rings is 1. The maximum Gasteiger partial charge on any atom is 0.240 e. The van der Waals surface area contributed by atoms with Crippen LogP contribution in [0.15, 0.2) is 29.2 Å². The summed E-state index contributed by atoms with van der Waals surface area (Å²) in [6.45, 7) is 4.83. The number of hydrogen-bond acceptors (Lipinski definition) is 3. The average Bonchev–Trinajstić information content (AvgIpc) is 2.39. The van der Waals surface area contributed by atoms with Crippen LogP contribution >= 0.6 is 11.6 Å². The van der Waals surface area contributed by atoms with E-state index in [9.17, 15) is 8.42 Å². The van der Waals surface area contributed by atoms with Gasteiger partial charge in [-0.3, -0.25) is 0 Å². The zero-order valence-corrected chi connectivity index (χ0v) is 13.5. The van der Waals surface area contributed by atoms with Crippen molar-refractivity contribution in [1.82, 2.24) is 4.72 Å². The smallest absolute Gasteiger partial charge is 0.240 e. The summed E-state index contributed by atoms with van der Waals surface area (Å²) >= 11 is 5.64. The standard InChI is InChI=1S/C14H22ClNO3S/c1-12(2)19-11-3-10-16-20(17,18)14-6-4-13(5-7-14)8-9-15/h4-7,12,16H,3,8-11H2,1-2H3. The summed E-state index contributed by atoms with van der Waals surface area (Å²) in [5.41, 5.74) is 1.03. The lowest BCUT2D eigenvalue weighted by molar-refractivity contribution is 0.0778. The largest absolute Gasteiger partial charge is 0.379 e. The maximum absolute atomic E-state index is 12.0. The molecule has 0 aliphatic heterocycles. The van der Waals surface area contributed by atoms with Gasteiger partial charge in [-0.2, -0.15) is 0 Å². The van der Waals surface area contributed by atoms with E-state index in [2.05, 4.69) is 4.72 Å². The molecule has 1 rings (SSSR count). The van der Waals surface area contributed by atoms with E-state index in [4.69, 9.17) is 16.3 Å². The third kappa shape index (κ3) is 6.22. The van der Waals surface area contributed by atoms with Gasteiger partial charge in [0.15, 0.2) is 0 Å². The molecule has 1 aromatic carbocycles.